The van der Waals surface area contributed by atoms with Gasteiger partial charge in [0.25, 0.3) is 0 Å². The van der Waals surface area contributed by atoms with Gasteiger partial charge in [-0.2, -0.15) is 0 Å². The first kappa shape index (κ1) is 17.1. The fourth-order valence-electron chi connectivity index (χ4n) is 3.93. The molecule has 4 rings (SSSR count). The van der Waals surface area contributed by atoms with Crippen molar-refractivity contribution in [1.82, 2.24) is 24.8 Å². The Kier molecular flexibility index (Phi) is 4.93. The summed E-state index contributed by atoms with van der Waals surface area (Å²) in [5, 5.41) is 0. The van der Waals surface area contributed by atoms with Crippen molar-refractivity contribution in [1.29, 1.82) is 0 Å². The minimum Gasteiger partial charge on any atom is -0.338 e. The third-order valence-corrected chi connectivity index (χ3v) is 5.38. The number of nitrogens with zero attached hydrogens (tertiary/aromatic N) is 5. The van der Waals surface area contributed by atoms with Crippen LogP contribution in [0.2, 0.25) is 0 Å². The van der Waals surface area contributed by atoms with Crippen LogP contribution in [0.4, 0.5) is 0 Å². The van der Waals surface area contributed by atoms with Gasteiger partial charge in [0.1, 0.15) is 5.82 Å². The van der Waals surface area contributed by atoms with Crippen molar-refractivity contribution < 1.29 is 4.79 Å². The minimum absolute atomic E-state index is 0.122. The lowest BCUT2D eigenvalue weighted by Gasteiger charge is -2.32. The van der Waals surface area contributed by atoms with Crippen LogP contribution in [0.25, 0.3) is 0 Å². The van der Waals surface area contributed by atoms with Crippen LogP contribution in [0.15, 0.2) is 30.6 Å². The molecule has 4 heterocycles. The van der Waals surface area contributed by atoms with Crippen LogP contribution in [-0.2, 0) is 24.3 Å². The van der Waals surface area contributed by atoms with Gasteiger partial charge in [0.05, 0.1) is 11.4 Å². The summed E-state index contributed by atoms with van der Waals surface area (Å²) in [7, 11) is 0. The standard InChI is InChI=1S/C20H25N5O/c1-15(26)25-10-7-19-17(13-25)11-22-20(23-19)16-5-4-9-24(12-16)14-18-6-2-3-8-21-18/h2-3,6,8,11,16H,4-5,7,9-10,12-14H2,1H3. The third-order valence-electron chi connectivity index (χ3n) is 5.38. The van der Waals surface area contributed by atoms with E-state index in [1.807, 2.05) is 29.4 Å². The normalized spacial score (nSPS) is 20.7. The van der Waals surface area contributed by atoms with Crippen molar-refractivity contribution >= 4 is 5.91 Å². The lowest BCUT2D eigenvalue weighted by molar-refractivity contribution is -0.129. The van der Waals surface area contributed by atoms with E-state index < -0.39 is 0 Å². The van der Waals surface area contributed by atoms with Gasteiger partial charge < -0.3 is 4.90 Å². The number of likely N-dealkylation sites (tertiary alicyclic amines) is 1. The summed E-state index contributed by atoms with van der Waals surface area (Å²) in [6.07, 6.45) is 6.92. The molecular weight excluding hydrogens is 326 g/mol. The molecule has 0 aromatic carbocycles. The largest absolute Gasteiger partial charge is 0.338 e. The molecule has 2 aliphatic heterocycles. The Hall–Kier alpha value is -2.34. The summed E-state index contributed by atoms with van der Waals surface area (Å²) in [4.78, 5) is 29.9. The quantitative estimate of drug-likeness (QED) is 0.848. The van der Waals surface area contributed by atoms with Crippen molar-refractivity contribution in [2.75, 3.05) is 19.6 Å². The molecule has 0 N–H and O–H groups in total. The van der Waals surface area contributed by atoms with E-state index in [2.05, 4.69) is 20.9 Å². The summed E-state index contributed by atoms with van der Waals surface area (Å²) in [5.74, 6) is 1.46. The van der Waals surface area contributed by atoms with Gasteiger partial charge in [0.2, 0.25) is 5.91 Å². The third kappa shape index (κ3) is 3.75. The number of pyridine rings is 1. The number of piperidine rings is 1. The Morgan fingerprint density at radius 1 is 1.27 bits per heavy atom. The highest BCUT2D eigenvalue weighted by Crippen LogP contribution is 2.27. The first-order chi connectivity index (χ1) is 12.7. The lowest BCUT2D eigenvalue weighted by atomic mass is 9.96. The zero-order valence-corrected chi connectivity index (χ0v) is 15.3. The molecule has 1 amide bonds. The zero-order chi connectivity index (χ0) is 17.9. The van der Waals surface area contributed by atoms with Crippen LogP contribution in [0, 0.1) is 0 Å². The van der Waals surface area contributed by atoms with Crippen molar-refractivity contribution in [2.24, 2.45) is 0 Å². The van der Waals surface area contributed by atoms with Crippen molar-refractivity contribution in [3.8, 4) is 0 Å². The predicted octanol–water partition coefficient (Wildman–Crippen LogP) is 2.16. The Morgan fingerprint density at radius 3 is 3.00 bits per heavy atom. The van der Waals surface area contributed by atoms with Crippen molar-refractivity contribution in [3.05, 3.63) is 53.4 Å². The first-order valence-electron chi connectivity index (χ1n) is 9.41. The second-order valence-electron chi connectivity index (χ2n) is 7.29. The van der Waals surface area contributed by atoms with E-state index in [1.165, 1.54) is 0 Å². The Labute approximate surface area is 154 Å². The van der Waals surface area contributed by atoms with Crippen LogP contribution < -0.4 is 0 Å². The summed E-state index contributed by atoms with van der Waals surface area (Å²) >= 11 is 0. The Morgan fingerprint density at radius 2 is 2.19 bits per heavy atom. The summed E-state index contributed by atoms with van der Waals surface area (Å²) in [6, 6.07) is 6.08. The molecule has 26 heavy (non-hydrogen) atoms. The predicted molar refractivity (Wildman–Crippen MR) is 98.3 cm³/mol. The number of rotatable bonds is 3. The molecule has 2 aromatic rings. The smallest absolute Gasteiger partial charge is 0.219 e. The molecule has 0 saturated carbocycles. The number of hydrogen-bond donors (Lipinski definition) is 0. The molecule has 6 nitrogen and oxygen atoms in total. The van der Waals surface area contributed by atoms with Crippen molar-refractivity contribution in [2.45, 2.75) is 45.2 Å². The van der Waals surface area contributed by atoms with Crippen LogP contribution in [0.5, 0.6) is 0 Å². The number of aromatic nitrogens is 3. The number of hydrogen-bond acceptors (Lipinski definition) is 5. The number of amides is 1. The molecule has 2 aliphatic rings. The second-order valence-corrected chi connectivity index (χ2v) is 7.29. The van der Waals surface area contributed by atoms with Gasteiger partial charge in [-0.15, -0.1) is 0 Å². The number of carbonyl (C=O) groups is 1. The van der Waals surface area contributed by atoms with Gasteiger partial charge in [-0.05, 0) is 31.5 Å². The van der Waals surface area contributed by atoms with E-state index in [9.17, 15) is 4.79 Å². The molecule has 136 valence electrons. The van der Waals surface area contributed by atoms with Gasteiger partial charge in [-0.1, -0.05) is 6.07 Å². The highest BCUT2D eigenvalue weighted by molar-refractivity contribution is 5.73. The van der Waals surface area contributed by atoms with Gasteiger partial charge in [-0.3, -0.25) is 14.7 Å². The Bertz CT molecular complexity index is 779. The lowest BCUT2D eigenvalue weighted by Crippen LogP contribution is -2.36. The highest BCUT2D eigenvalue weighted by Gasteiger charge is 2.26. The monoisotopic (exact) mass is 351 g/mol. The molecule has 1 atom stereocenters. The van der Waals surface area contributed by atoms with E-state index in [0.29, 0.717) is 12.5 Å². The van der Waals surface area contributed by atoms with Crippen molar-refractivity contribution in [3.63, 3.8) is 0 Å². The van der Waals surface area contributed by atoms with E-state index in [1.54, 1.807) is 6.92 Å². The molecule has 0 spiro atoms. The molecule has 2 aromatic heterocycles. The maximum atomic E-state index is 11.6. The summed E-state index contributed by atoms with van der Waals surface area (Å²) in [5.41, 5.74) is 3.33. The molecule has 0 bridgehead atoms. The minimum atomic E-state index is 0.122. The van der Waals surface area contributed by atoms with Crippen LogP contribution >= 0.6 is 0 Å². The molecule has 0 radical (unpaired) electrons. The molecule has 1 saturated heterocycles. The van der Waals surface area contributed by atoms with Gasteiger partial charge in [0, 0.05) is 63.4 Å². The summed E-state index contributed by atoms with van der Waals surface area (Å²) < 4.78 is 0. The fourth-order valence-corrected chi connectivity index (χ4v) is 3.93. The average molecular weight is 351 g/mol. The Balaban J connectivity index is 1.45. The first-order valence-corrected chi connectivity index (χ1v) is 9.41. The maximum Gasteiger partial charge on any atom is 0.219 e. The van der Waals surface area contributed by atoms with E-state index in [4.69, 9.17) is 4.98 Å². The van der Waals surface area contributed by atoms with Crippen LogP contribution in [-0.4, -0.2) is 50.3 Å². The zero-order valence-electron chi connectivity index (χ0n) is 15.3. The summed E-state index contributed by atoms with van der Waals surface area (Å²) in [6.45, 7) is 5.99. The second kappa shape index (κ2) is 7.50. The molecular formula is C20H25N5O. The number of carbonyl (C=O) groups excluding carboxylic acids is 1. The highest BCUT2D eigenvalue weighted by atomic mass is 16.2. The van der Waals surface area contributed by atoms with Gasteiger partial charge in [-0.25, -0.2) is 9.97 Å². The SMILES string of the molecule is CC(=O)N1CCc2nc(C3CCCN(Cc4ccccn4)C3)ncc2C1. The maximum absolute atomic E-state index is 11.6. The average Bonchev–Trinajstić information content (AvgIpc) is 2.68. The van der Waals surface area contributed by atoms with E-state index >= 15 is 0 Å². The van der Waals surface area contributed by atoms with Crippen LogP contribution in [0.3, 0.4) is 0 Å². The molecule has 1 fully saturated rings. The number of fused-ring (bicyclic) bond motifs is 1. The van der Waals surface area contributed by atoms with E-state index in [0.717, 1.165) is 68.2 Å². The van der Waals surface area contributed by atoms with Crippen LogP contribution in [0.1, 0.15) is 48.5 Å². The fraction of sp³-hybridized carbons (Fsp3) is 0.500. The van der Waals surface area contributed by atoms with Gasteiger partial charge >= 0.3 is 0 Å². The topological polar surface area (TPSA) is 62.2 Å². The van der Waals surface area contributed by atoms with E-state index in [-0.39, 0.29) is 5.91 Å². The van der Waals surface area contributed by atoms with Gasteiger partial charge in [0.15, 0.2) is 0 Å². The molecule has 6 heteroatoms. The molecule has 1 unspecified atom stereocenters. The molecule has 0 aliphatic carbocycles.